The Labute approximate surface area is 114 Å². The molecular weight excluding hydrogens is 232 g/mol. The molecule has 0 bridgehead atoms. The van der Waals surface area contributed by atoms with Gasteiger partial charge in [0.05, 0.1) is 12.0 Å². The fraction of sp³-hybridized carbons (Fsp3) is 0.294. The third-order valence-corrected chi connectivity index (χ3v) is 3.43. The van der Waals surface area contributed by atoms with Crippen molar-refractivity contribution in [1.29, 1.82) is 5.26 Å². The van der Waals surface area contributed by atoms with Gasteiger partial charge in [0, 0.05) is 12.4 Å². The zero-order valence-corrected chi connectivity index (χ0v) is 11.4. The van der Waals surface area contributed by atoms with Gasteiger partial charge in [0.2, 0.25) is 0 Å². The molecule has 0 radical (unpaired) electrons. The van der Waals surface area contributed by atoms with E-state index in [9.17, 15) is 5.26 Å². The summed E-state index contributed by atoms with van der Waals surface area (Å²) in [5.41, 5.74) is 4.84. The first-order valence-electron chi connectivity index (χ1n) is 6.56. The van der Waals surface area contributed by atoms with Crippen molar-refractivity contribution in [3.8, 4) is 6.07 Å². The Kier molecular flexibility index (Phi) is 4.30. The summed E-state index contributed by atoms with van der Waals surface area (Å²) in [4.78, 5) is 4.01. The van der Waals surface area contributed by atoms with Crippen molar-refractivity contribution < 1.29 is 0 Å². The van der Waals surface area contributed by atoms with Gasteiger partial charge >= 0.3 is 0 Å². The van der Waals surface area contributed by atoms with Crippen molar-refractivity contribution >= 4 is 0 Å². The molecule has 19 heavy (non-hydrogen) atoms. The number of aryl methyl sites for hydroxylation is 3. The second-order valence-corrected chi connectivity index (χ2v) is 4.94. The quantitative estimate of drug-likeness (QED) is 0.824. The van der Waals surface area contributed by atoms with Crippen molar-refractivity contribution in [3.05, 3.63) is 65.0 Å². The van der Waals surface area contributed by atoms with E-state index in [-0.39, 0.29) is 5.92 Å². The minimum Gasteiger partial charge on any atom is -0.265 e. The van der Waals surface area contributed by atoms with Crippen LogP contribution in [0.5, 0.6) is 0 Å². The van der Waals surface area contributed by atoms with Gasteiger partial charge in [-0.05, 0) is 55.5 Å². The second kappa shape index (κ2) is 6.15. The number of rotatable bonds is 4. The van der Waals surface area contributed by atoms with Crippen LogP contribution in [-0.4, -0.2) is 4.98 Å². The molecule has 1 heterocycles. The maximum Gasteiger partial charge on any atom is 0.0718 e. The Bertz CT molecular complexity index is 582. The molecule has 1 atom stereocenters. The number of nitrogens with zero attached hydrogens (tertiary/aromatic N) is 2. The van der Waals surface area contributed by atoms with Gasteiger partial charge < -0.3 is 0 Å². The van der Waals surface area contributed by atoms with E-state index in [4.69, 9.17) is 0 Å². The summed E-state index contributed by atoms with van der Waals surface area (Å²) in [6, 6.07) is 12.8. The second-order valence-electron chi connectivity index (χ2n) is 4.94. The average Bonchev–Trinajstić information content (AvgIpc) is 2.42. The SMILES string of the molecule is Cc1ccc(C(C#N)CCc2ccncc2)c(C)c1. The zero-order chi connectivity index (χ0) is 13.7. The maximum absolute atomic E-state index is 9.39. The topological polar surface area (TPSA) is 36.7 Å². The van der Waals surface area contributed by atoms with Gasteiger partial charge in [0.15, 0.2) is 0 Å². The first kappa shape index (κ1) is 13.3. The average molecular weight is 250 g/mol. The van der Waals surface area contributed by atoms with Gasteiger partial charge in [-0.2, -0.15) is 5.26 Å². The standard InChI is InChI=1S/C17H18N2/c1-13-3-6-17(14(2)11-13)16(12-18)5-4-15-7-9-19-10-8-15/h3,6-11,16H,4-5H2,1-2H3. The van der Waals surface area contributed by atoms with E-state index in [1.54, 1.807) is 12.4 Å². The third-order valence-electron chi connectivity index (χ3n) is 3.43. The summed E-state index contributed by atoms with van der Waals surface area (Å²) in [5, 5.41) is 9.39. The van der Waals surface area contributed by atoms with Crippen LogP contribution < -0.4 is 0 Å². The Morgan fingerprint density at radius 3 is 2.53 bits per heavy atom. The highest BCUT2D eigenvalue weighted by Gasteiger charge is 2.13. The molecule has 96 valence electrons. The molecular formula is C17H18N2. The van der Waals surface area contributed by atoms with Crippen LogP contribution in [0.3, 0.4) is 0 Å². The first-order chi connectivity index (χ1) is 9.20. The molecule has 0 aliphatic heterocycles. The molecule has 2 rings (SSSR count). The van der Waals surface area contributed by atoms with Gasteiger partial charge in [-0.25, -0.2) is 0 Å². The van der Waals surface area contributed by atoms with Gasteiger partial charge in [-0.3, -0.25) is 4.98 Å². The van der Waals surface area contributed by atoms with E-state index in [0.29, 0.717) is 0 Å². The number of benzene rings is 1. The Hall–Kier alpha value is -2.14. The molecule has 0 saturated heterocycles. The molecule has 2 nitrogen and oxygen atoms in total. The number of nitriles is 1. The van der Waals surface area contributed by atoms with Crippen LogP contribution in [0.25, 0.3) is 0 Å². The summed E-state index contributed by atoms with van der Waals surface area (Å²) in [5.74, 6) is -0.0336. The molecule has 1 aromatic heterocycles. The molecule has 0 spiro atoms. The molecule has 0 aliphatic rings. The van der Waals surface area contributed by atoms with E-state index in [1.165, 1.54) is 16.7 Å². The van der Waals surface area contributed by atoms with Crippen molar-refractivity contribution in [2.45, 2.75) is 32.6 Å². The Morgan fingerprint density at radius 2 is 1.89 bits per heavy atom. The van der Waals surface area contributed by atoms with Crippen LogP contribution in [-0.2, 0) is 6.42 Å². The highest BCUT2D eigenvalue weighted by atomic mass is 14.6. The molecule has 0 saturated carbocycles. The van der Waals surface area contributed by atoms with Gasteiger partial charge in [0.1, 0.15) is 0 Å². The molecule has 2 heteroatoms. The Balaban J connectivity index is 2.11. The number of hydrogen-bond donors (Lipinski definition) is 0. The monoisotopic (exact) mass is 250 g/mol. The van der Waals surface area contributed by atoms with E-state index in [0.717, 1.165) is 18.4 Å². The maximum atomic E-state index is 9.39. The minimum atomic E-state index is -0.0336. The molecule has 2 aromatic rings. The van der Waals surface area contributed by atoms with Crippen LogP contribution in [0.1, 0.15) is 34.6 Å². The number of pyridine rings is 1. The summed E-state index contributed by atoms with van der Waals surface area (Å²) in [6.07, 6.45) is 5.36. The molecule has 1 unspecified atom stereocenters. The first-order valence-corrected chi connectivity index (χ1v) is 6.56. The lowest BCUT2D eigenvalue weighted by atomic mass is 9.90. The smallest absolute Gasteiger partial charge is 0.0718 e. The summed E-state index contributed by atoms with van der Waals surface area (Å²) < 4.78 is 0. The van der Waals surface area contributed by atoms with E-state index >= 15 is 0 Å². The largest absolute Gasteiger partial charge is 0.265 e. The normalized spacial score (nSPS) is 11.8. The van der Waals surface area contributed by atoms with E-state index in [1.807, 2.05) is 12.1 Å². The summed E-state index contributed by atoms with van der Waals surface area (Å²) >= 11 is 0. The predicted molar refractivity (Wildman–Crippen MR) is 76.8 cm³/mol. The molecule has 0 aliphatic carbocycles. The summed E-state index contributed by atoms with van der Waals surface area (Å²) in [7, 11) is 0. The van der Waals surface area contributed by atoms with E-state index in [2.05, 4.69) is 43.1 Å². The number of hydrogen-bond acceptors (Lipinski definition) is 2. The Morgan fingerprint density at radius 1 is 1.16 bits per heavy atom. The third kappa shape index (κ3) is 3.42. The zero-order valence-electron chi connectivity index (χ0n) is 11.4. The lowest BCUT2D eigenvalue weighted by Crippen LogP contribution is -2.01. The van der Waals surface area contributed by atoms with Gasteiger partial charge in [0.25, 0.3) is 0 Å². The van der Waals surface area contributed by atoms with Crippen LogP contribution in [0, 0.1) is 25.2 Å². The molecule has 1 aromatic carbocycles. The highest BCUT2D eigenvalue weighted by Crippen LogP contribution is 2.24. The highest BCUT2D eigenvalue weighted by molar-refractivity contribution is 5.36. The van der Waals surface area contributed by atoms with Gasteiger partial charge in [-0.1, -0.05) is 23.8 Å². The fourth-order valence-electron chi connectivity index (χ4n) is 2.37. The van der Waals surface area contributed by atoms with Crippen molar-refractivity contribution in [1.82, 2.24) is 4.98 Å². The van der Waals surface area contributed by atoms with Crippen LogP contribution in [0.2, 0.25) is 0 Å². The molecule has 0 amide bonds. The van der Waals surface area contributed by atoms with Crippen molar-refractivity contribution in [3.63, 3.8) is 0 Å². The molecule has 0 N–H and O–H groups in total. The van der Waals surface area contributed by atoms with Crippen LogP contribution >= 0.6 is 0 Å². The summed E-state index contributed by atoms with van der Waals surface area (Å²) in [6.45, 7) is 4.16. The van der Waals surface area contributed by atoms with E-state index < -0.39 is 0 Å². The number of aromatic nitrogens is 1. The van der Waals surface area contributed by atoms with Crippen molar-refractivity contribution in [2.75, 3.05) is 0 Å². The lowest BCUT2D eigenvalue weighted by molar-refractivity contribution is 0.741. The fourth-order valence-corrected chi connectivity index (χ4v) is 2.37. The van der Waals surface area contributed by atoms with Crippen molar-refractivity contribution in [2.24, 2.45) is 0 Å². The minimum absolute atomic E-state index is 0.0336. The van der Waals surface area contributed by atoms with Crippen LogP contribution in [0.4, 0.5) is 0 Å². The van der Waals surface area contributed by atoms with Gasteiger partial charge in [-0.15, -0.1) is 0 Å². The predicted octanol–water partition coefficient (Wildman–Crippen LogP) is 3.94. The lowest BCUT2D eigenvalue weighted by Gasteiger charge is -2.13. The van der Waals surface area contributed by atoms with Crippen LogP contribution in [0.15, 0.2) is 42.7 Å². The molecule has 0 fully saturated rings.